The second-order valence-electron chi connectivity index (χ2n) is 7.28. The molecule has 1 N–H and O–H groups in total. The number of alkyl halides is 3. The summed E-state index contributed by atoms with van der Waals surface area (Å²) in [6.45, 7) is 10.5. The Hall–Kier alpha value is -1.77. The zero-order valence-corrected chi connectivity index (χ0v) is 16.6. The summed E-state index contributed by atoms with van der Waals surface area (Å²) in [6, 6.07) is 3.62. The SMILES string of the molecule is C=Nc1cc2c(cc1NS(=O)(=O)CC(F)(F)F)N(CC(C)C)C(CC)CC2. The standard InChI is InChI=1S/C18H26F3N3O2S/c1-5-14-7-6-13-8-15(22-4)16(9-17(13)24(14)10-12(2)3)23-27(25,26)11-18(19,20)21/h8-9,12,14,23H,4-7,10-11H2,1-3H3. The molecule has 9 heteroatoms. The second-order valence-corrected chi connectivity index (χ2v) is 9.00. The predicted octanol–water partition coefficient (Wildman–Crippen LogP) is 4.51. The molecule has 0 spiro atoms. The number of benzene rings is 1. The first-order chi connectivity index (χ1) is 12.5. The summed E-state index contributed by atoms with van der Waals surface area (Å²) in [4.78, 5) is 6.03. The zero-order chi connectivity index (χ0) is 20.4. The van der Waals surface area contributed by atoms with E-state index in [0.29, 0.717) is 12.0 Å². The molecule has 1 atom stereocenters. The summed E-state index contributed by atoms with van der Waals surface area (Å²) in [6.07, 6.45) is -2.12. The van der Waals surface area contributed by atoms with Crippen molar-refractivity contribution in [2.75, 3.05) is 21.9 Å². The maximum atomic E-state index is 12.5. The summed E-state index contributed by atoms with van der Waals surface area (Å²) in [5.74, 6) is -1.56. The first-order valence-corrected chi connectivity index (χ1v) is 10.6. The Balaban J connectivity index is 2.47. The minimum absolute atomic E-state index is 0.0264. The van der Waals surface area contributed by atoms with Crippen LogP contribution in [0.5, 0.6) is 0 Å². The number of fused-ring (bicyclic) bond motifs is 1. The van der Waals surface area contributed by atoms with E-state index >= 15 is 0 Å². The molecule has 0 saturated carbocycles. The lowest BCUT2D eigenvalue weighted by molar-refractivity contribution is -0.106. The number of aryl methyl sites for hydroxylation is 1. The van der Waals surface area contributed by atoms with Gasteiger partial charge in [0.15, 0.2) is 5.75 Å². The van der Waals surface area contributed by atoms with Crippen LogP contribution in [0.15, 0.2) is 17.1 Å². The highest BCUT2D eigenvalue weighted by Gasteiger charge is 2.36. The first kappa shape index (κ1) is 21.5. The Labute approximate surface area is 158 Å². The van der Waals surface area contributed by atoms with Gasteiger partial charge in [0.25, 0.3) is 0 Å². The third-order valence-electron chi connectivity index (χ3n) is 4.52. The molecule has 0 fully saturated rings. The van der Waals surface area contributed by atoms with Crippen molar-refractivity contribution < 1.29 is 21.6 Å². The van der Waals surface area contributed by atoms with Crippen LogP contribution >= 0.6 is 0 Å². The third kappa shape index (κ3) is 5.60. The molecule has 0 aliphatic carbocycles. The first-order valence-electron chi connectivity index (χ1n) is 8.93. The van der Waals surface area contributed by atoms with Gasteiger partial charge in [0.1, 0.15) is 0 Å². The van der Waals surface area contributed by atoms with Gasteiger partial charge in [-0.25, -0.2) is 8.42 Å². The lowest BCUT2D eigenvalue weighted by Crippen LogP contribution is -2.41. The molecule has 1 aliphatic heterocycles. The van der Waals surface area contributed by atoms with Gasteiger partial charge in [0.2, 0.25) is 10.0 Å². The van der Waals surface area contributed by atoms with Gasteiger partial charge in [-0.2, -0.15) is 13.2 Å². The van der Waals surface area contributed by atoms with Crippen LogP contribution < -0.4 is 9.62 Å². The molecule has 0 aromatic heterocycles. The number of rotatable bonds is 7. The lowest BCUT2D eigenvalue weighted by Gasteiger charge is -2.40. The summed E-state index contributed by atoms with van der Waals surface area (Å²) in [5.41, 5.74) is 2.11. The summed E-state index contributed by atoms with van der Waals surface area (Å²) in [7, 11) is -4.59. The highest BCUT2D eigenvalue weighted by Crippen LogP contribution is 2.40. The van der Waals surface area contributed by atoms with Gasteiger partial charge in [-0.15, -0.1) is 0 Å². The summed E-state index contributed by atoms with van der Waals surface area (Å²) in [5, 5.41) is 0. The van der Waals surface area contributed by atoms with Crippen LogP contribution in [-0.4, -0.2) is 39.7 Å². The molecule has 1 aromatic carbocycles. The van der Waals surface area contributed by atoms with Crippen molar-refractivity contribution in [3.8, 4) is 0 Å². The van der Waals surface area contributed by atoms with Crippen molar-refractivity contribution in [2.24, 2.45) is 10.9 Å². The van der Waals surface area contributed by atoms with Gasteiger partial charge in [-0.05, 0) is 49.6 Å². The van der Waals surface area contributed by atoms with Crippen molar-refractivity contribution >= 4 is 33.8 Å². The van der Waals surface area contributed by atoms with E-state index in [1.54, 1.807) is 12.1 Å². The number of hydrogen-bond acceptors (Lipinski definition) is 4. The van der Waals surface area contributed by atoms with Crippen molar-refractivity contribution in [2.45, 2.75) is 52.3 Å². The molecular weight excluding hydrogens is 379 g/mol. The van der Waals surface area contributed by atoms with Crippen LogP contribution in [0.25, 0.3) is 0 Å². The van der Waals surface area contributed by atoms with E-state index in [1.165, 1.54) is 0 Å². The average Bonchev–Trinajstić information content (AvgIpc) is 2.51. The number of nitrogens with one attached hydrogen (secondary N) is 1. The molecule has 1 aliphatic rings. The Kier molecular flexibility index (Phi) is 6.44. The molecule has 1 unspecified atom stereocenters. The van der Waals surface area contributed by atoms with Gasteiger partial charge in [0.05, 0.1) is 11.4 Å². The average molecular weight is 405 g/mol. The number of hydrogen-bond donors (Lipinski definition) is 1. The molecule has 1 heterocycles. The molecule has 0 saturated heterocycles. The highest BCUT2D eigenvalue weighted by atomic mass is 32.2. The molecule has 0 amide bonds. The summed E-state index contributed by atoms with van der Waals surface area (Å²) < 4.78 is 63.5. The Morgan fingerprint density at radius 2 is 2.04 bits per heavy atom. The van der Waals surface area contributed by atoms with E-state index in [2.05, 4.69) is 37.4 Å². The monoisotopic (exact) mass is 405 g/mol. The molecule has 0 bridgehead atoms. The van der Waals surface area contributed by atoms with Gasteiger partial charge < -0.3 is 4.90 Å². The highest BCUT2D eigenvalue weighted by molar-refractivity contribution is 7.92. The maximum absolute atomic E-state index is 12.5. The van der Waals surface area contributed by atoms with E-state index in [9.17, 15) is 21.6 Å². The Morgan fingerprint density at radius 3 is 2.56 bits per heavy atom. The Morgan fingerprint density at radius 1 is 1.37 bits per heavy atom. The fourth-order valence-electron chi connectivity index (χ4n) is 3.46. The predicted molar refractivity (Wildman–Crippen MR) is 104 cm³/mol. The van der Waals surface area contributed by atoms with Gasteiger partial charge >= 0.3 is 6.18 Å². The normalized spacial score (nSPS) is 17.7. The van der Waals surface area contributed by atoms with E-state index in [0.717, 1.165) is 37.1 Å². The zero-order valence-electron chi connectivity index (χ0n) is 15.8. The van der Waals surface area contributed by atoms with Gasteiger partial charge in [0, 0.05) is 18.3 Å². The topological polar surface area (TPSA) is 61.8 Å². The minimum Gasteiger partial charge on any atom is -0.368 e. The summed E-state index contributed by atoms with van der Waals surface area (Å²) >= 11 is 0. The van der Waals surface area contributed by atoms with E-state index in [4.69, 9.17) is 0 Å². The largest absolute Gasteiger partial charge is 0.404 e. The molecular formula is C18H26F3N3O2S. The van der Waals surface area contributed by atoms with Crippen molar-refractivity contribution in [3.63, 3.8) is 0 Å². The number of halogens is 3. The maximum Gasteiger partial charge on any atom is 0.404 e. The Bertz CT molecular complexity index is 792. The fraction of sp³-hybridized carbons (Fsp3) is 0.611. The van der Waals surface area contributed by atoms with Crippen molar-refractivity contribution in [1.82, 2.24) is 0 Å². The number of anilines is 2. The van der Waals surface area contributed by atoms with Crippen LogP contribution in [0.2, 0.25) is 0 Å². The third-order valence-corrected chi connectivity index (χ3v) is 5.75. The molecule has 5 nitrogen and oxygen atoms in total. The lowest BCUT2D eigenvalue weighted by atomic mass is 9.92. The molecule has 2 rings (SSSR count). The smallest absolute Gasteiger partial charge is 0.368 e. The minimum atomic E-state index is -4.82. The molecule has 152 valence electrons. The van der Waals surface area contributed by atoms with Crippen LogP contribution in [0.4, 0.5) is 30.2 Å². The van der Waals surface area contributed by atoms with Gasteiger partial charge in [-0.1, -0.05) is 20.8 Å². The number of sulfonamides is 1. The van der Waals surface area contributed by atoms with Crippen LogP contribution in [0.1, 0.15) is 39.2 Å². The molecule has 0 radical (unpaired) electrons. The molecule has 27 heavy (non-hydrogen) atoms. The van der Waals surface area contributed by atoms with Crippen LogP contribution in [0, 0.1) is 5.92 Å². The number of nitrogens with zero attached hydrogens (tertiary/aromatic N) is 2. The van der Waals surface area contributed by atoms with E-state index in [-0.39, 0.29) is 11.4 Å². The van der Waals surface area contributed by atoms with Crippen molar-refractivity contribution in [1.29, 1.82) is 0 Å². The van der Waals surface area contributed by atoms with Crippen LogP contribution in [-0.2, 0) is 16.4 Å². The van der Waals surface area contributed by atoms with E-state index < -0.39 is 22.0 Å². The van der Waals surface area contributed by atoms with Crippen molar-refractivity contribution in [3.05, 3.63) is 17.7 Å². The quantitative estimate of drug-likeness (QED) is 0.679. The number of aliphatic imine (C=N–C) groups is 1. The van der Waals surface area contributed by atoms with Gasteiger partial charge in [-0.3, -0.25) is 9.71 Å². The fourth-order valence-corrected chi connectivity index (χ4v) is 4.46. The van der Waals surface area contributed by atoms with E-state index in [1.807, 2.05) is 4.72 Å². The second kappa shape index (κ2) is 8.08. The molecule has 1 aromatic rings. The van der Waals surface area contributed by atoms with Crippen LogP contribution in [0.3, 0.4) is 0 Å².